The van der Waals surface area contributed by atoms with E-state index in [9.17, 15) is 19.5 Å². The molecule has 0 radical (unpaired) electrons. The van der Waals surface area contributed by atoms with Crippen molar-refractivity contribution in [1.29, 1.82) is 0 Å². The lowest BCUT2D eigenvalue weighted by atomic mass is 9.96. The van der Waals surface area contributed by atoms with Crippen LogP contribution in [-0.2, 0) is 14.4 Å². The summed E-state index contributed by atoms with van der Waals surface area (Å²) in [7, 11) is 0. The highest BCUT2D eigenvalue weighted by molar-refractivity contribution is 8.01. The van der Waals surface area contributed by atoms with Crippen LogP contribution in [0.2, 0.25) is 0 Å². The van der Waals surface area contributed by atoms with Crippen LogP contribution in [0.3, 0.4) is 0 Å². The zero-order valence-corrected chi connectivity index (χ0v) is 14.2. The molecule has 8 heteroatoms. The number of fused-ring (bicyclic) bond motifs is 1. The number of carbonyl (C=O) groups is 3. The lowest BCUT2D eigenvalue weighted by molar-refractivity contribution is -0.161. The number of carboxylic acids is 1. The first-order valence-corrected chi connectivity index (χ1v) is 8.50. The first-order valence-electron chi connectivity index (χ1n) is 7.62. The second-order valence-electron chi connectivity index (χ2n) is 6.36. The molecule has 2 aliphatic rings. The van der Waals surface area contributed by atoms with E-state index in [1.54, 1.807) is 13.8 Å². The van der Waals surface area contributed by atoms with E-state index in [2.05, 4.69) is 10.6 Å². The summed E-state index contributed by atoms with van der Waals surface area (Å²) < 4.78 is -0.589. The van der Waals surface area contributed by atoms with E-state index >= 15 is 0 Å². The van der Waals surface area contributed by atoms with Gasteiger partial charge in [0.25, 0.3) is 0 Å². The first kappa shape index (κ1) is 16.6. The number of aliphatic carboxylic acids is 1. The van der Waals surface area contributed by atoms with Crippen molar-refractivity contribution in [3.8, 4) is 0 Å². The fourth-order valence-corrected chi connectivity index (χ4v) is 4.73. The second-order valence-corrected chi connectivity index (χ2v) is 8.13. The maximum atomic E-state index is 12.3. The van der Waals surface area contributed by atoms with Crippen LogP contribution in [0.4, 0.5) is 5.69 Å². The van der Waals surface area contributed by atoms with E-state index in [1.165, 1.54) is 16.7 Å². The minimum Gasteiger partial charge on any atom is -0.480 e. The maximum absolute atomic E-state index is 12.3. The molecule has 0 aliphatic carbocycles. The summed E-state index contributed by atoms with van der Waals surface area (Å²) in [4.78, 5) is 37.1. The molecular weight excluding hydrogens is 330 g/mol. The molecule has 0 saturated carbocycles. The smallest absolute Gasteiger partial charge is 0.327 e. The number of amides is 2. The number of β-lactam (4-membered cyclic amide) rings is 1. The average molecular weight is 349 g/mol. The Bertz CT molecular complexity index is 679. The van der Waals surface area contributed by atoms with Crippen LogP contribution in [0.15, 0.2) is 30.3 Å². The lowest BCUT2D eigenvalue weighted by Crippen LogP contribution is -2.70. The van der Waals surface area contributed by atoms with E-state index in [1.807, 2.05) is 30.3 Å². The lowest BCUT2D eigenvalue weighted by Gasteiger charge is -2.43. The molecule has 2 aliphatic heterocycles. The van der Waals surface area contributed by atoms with Gasteiger partial charge in [-0.25, -0.2) is 4.79 Å². The van der Waals surface area contributed by atoms with Crippen LogP contribution in [0.5, 0.6) is 0 Å². The minimum atomic E-state index is -1.01. The molecule has 1 aromatic carbocycles. The van der Waals surface area contributed by atoms with E-state index in [4.69, 9.17) is 0 Å². The van der Waals surface area contributed by atoms with Gasteiger partial charge in [-0.15, -0.1) is 11.8 Å². The van der Waals surface area contributed by atoms with E-state index in [0.29, 0.717) is 0 Å². The van der Waals surface area contributed by atoms with Gasteiger partial charge in [0.1, 0.15) is 17.5 Å². The highest BCUT2D eigenvalue weighted by Gasteiger charge is 2.64. The van der Waals surface area contributed by atoms with Crippen molar-refractivity contribution in [2.75, 3.05) is 11.9 Å². The number of benzene rings is 1. The molecule has 0 bridgehead atoms. The number of carbonyl (C=O) groups excluding carboxylic acids is 2. The summed E-state index contributed by atoms with van der Waals surface area (Å²) in [5, 5.41) is 14.7. The molecular formula is C16H19N3O4S. The van der Waals surface area contributed by atoms with E-state index in [0.717, 1.165) is 5.69 Å². The Labute approximate surface area is 143 Å². The van der Waals surface area contributed by atoms with Gasteiger partial charge >= 0.3 is 5.97 Å². The third kappa shape index (κ3) is 2.82. The highest BCUT2D eigenvalue weighted by atomic mass is 32.2. The summed E-state index contributed by atoms with van der Waals surface area (Å²) in [5.41, 5.74) is 0.816. The number of anilines is 1. The Morgan fingerprint density at radius 3 is 2.58 bits per heavy atom. The zero-order valence-electron chi connectivity index (χ0n) is 13.4. The monoisotopic (exact) mass is 349 g/mol. The summed E-state index contributed by atoms with van der Waals surface area (Å²) in [6.07, 6.45) is 0. The molecule has 0 aromatic heterocycles. The molecule has 7 nitrogen and oxygen atoms in total. The normalized spacial score (nSPS) is 27.2. The average Bonchev–Trinajstić information content (AvgIpc) is 2.80. The number of nitrogens with one attached hydrogen (secondary N) is 2. The number of rotatable bonds is 5. The molecule has 2 saturated heterocycles. The number of nitrogens with zero attached hydrogens (tertiary/aromatic N) is 1. The van der Waals surface area contributed by atoms with Crippen LogP contribution >= 0.6 is 11.8 Å². The van der Waals surface area contributed by atoms with Gasteiger partial charge in [0.05, 0.1) is 6.54 Å². The van der Waals surface area contributed by atoms with Gasteiger partial charge in [0.15, 0.2) is 0 Å². The molecule has 2 fully saturated rings. The number of para-hydroxylation sites is 1. The Morgan fingerprint density at radius 1 is 1.29 bits per heavy atom. The maximum Gasteiger partial charge on any atom is 0.327 e. The molecule has 2 unspecified atom stereocenters. The molecule has 3 atom stereocenters. The SMILES string of the molecule is CC1(C)S[C@@H]2C(NC(=O)CNc3ccccc3)C(=O)N2C1C(=O)O. The number of hydrogen-bond donors (Lipinski definition) is 3. The van der Waals surface area contributed by atoms with Crippen molar-refractivity contribution in [2.45, 2.75) is 36.1 Å². The van der Waals surface area contributed by atoms with Crippen LogP contribution < -0.4 is 10.6 Å². The van der Waals surface area contributed by atoms with Gasteiger partial charge in [0.2, 0.25) is 11.8 Å². The summed E-state index contributed by atoms with van der Waals surface area (Å²) in [6.45, 7) is 3.66. The van der Waals surface area contributed by atoms with Gasteiger partial charge in [-0.1, -0.05) is 18.2 Å². The number of thioether (sulfide) groups is 1. The predicted octanol–water partition coefficient (Wildman–Crippen LogP) is 0.730. The molecule has 24 heavy (non-hydrogen) atoms. The van der Waals surface area contributed by atoms with Crippen molar-refractivity contribution in [3.63, 3.8) is 0 Å². The van der Waals surface area contributed by atoms with Crippen LogP contribution in [0, 0.1) is 0 Å². The third-order valence-electron chi connectivity index (χ3n) is 4.22. The van der Waals surface area contributed by atoms with Crippen LogP contribution in [0.1, 0.15) is 13.8 Å². The highest BCUT2D eigenvalue weighted by Crippen LogP contribution is 2.50. The fraction of sp³-hybridized carbons (Fsp3) is 0.438. The molecule has 3 rings (SSSR count). The minimum absolute atomic E-state index is 0.0525. The number of hydrogen-bond acceptors (Lipinski definition) is 5. The largest absolute Gasteiger partial charge is 0.480 e. The summed E-state index contributed by atoms with van der Waals surface area (Å²) >= 11 is 1.41. The standard InChI is InChI=1S/C16H19N3O4S/c1-16(2)12(15(22)23)19-13(21)11(14(19)24-16)18-10(20)8-17-9-6-4-3-5-7-9/h3-7,11-12,14,17H,8H2,1-2H3,(H,18,20)(H,22,23)/t11?,12?,14-/m1/s1. The van der Waals surface area contributed by atoms with Crippen molar-refractivity contribution >= 4 is 35.2 Å². The van der Waals surface area contributed by atoms with Crippen molar-refractivity contribution < 1.29 is 19.5 Å². The zero-order chi connectivity index (χ0) is 17.5. The molecule has 1 aromatic rings. The quantitative estimate of drug-likeness (QED) is 0.678. The second kappa shape index (κ2) is 6.01. The van der Waals surface area contributed by atoms with Crippen molar-refractivity contribution in [2.24, 2.45) is 0 Å². The Morgan fingerprint density at radius 2 is 1.96 bits per heavy atom. The molecule has 0 spiro atoms. The van der Waals surface area contributed by atoms with Gasteiger partial charge in [-0.3, -0.25) is 9.59 Å². The van der Waals surface area contributed by atoms with Crippen molar-refractivity contribution in [1.82, 2.24) is 10.2 Å². The van der Waals surface area contributed by atoms with Crippen LogP contribution in [-0.4, -0.2) is 56.5 Å². The van der Waals surface area contributed by atoms with Gasteiger partial charge in [-0.05, 0) is 26.0 Å². The third-order valence-corrected chi connectivity index (χ3v) is 5.79. The molecule has 2 heterocycles. The fourth-order valence-electron chi connectivity index (χ4n) is 3.11. The van der Waals surface area contributed by atoms with Gasteiger partial charge < -0.3 is 20.6 Å². The number of carboxylic acid groups (broad SMARTS) is 1. The summed E-state index contributed by atoms with van der Waals surface area (Å²) in [5.74, 6) is -1.65. The Kier molecular flexibility index (Phi) is 4.16. The predicted molar refractivity (Wildman–Crippen MR) is 90.6 cm³/mol. The van der Waals surface area contributed by atoms with Gasteiger partial charge in [-0.2, -0.15) is 0 Å². The first-order chi connectivity index (χ1) is 11.3. The van der Waals surface area contributed by atoms with Gasteiger partial charge in [0, 0.05) is 10.4 Å². The Hall–Kier alpha value is -2.22. The molecule has 2 amide bonds. The summed E-state index contributed by atoms with van der Waals surface area (Å²) in [6, 6.07) is 7.75. The van der Waals surface area contributed by atoms with E-state index in [-0.39, 0.29) is 23.7 Å². The molecule has 128 valence electrons. The topological polar surface area (TPSA) is 98.7 Å². The molecule has 3 N–H and O–H groups in total. The van der Waals surface area contributed by atoms with Crippen molar-refractivity contribution in [3.05, 3.63) is 30.3 Å². The Balaban J connectivity index is 1.59. The van der Waals surface area contributed by atoms with Crippen LogP contribution in [0.25, 0.3) is 0 Å². The van der Waals surface area contributed by atoms with E-state index < -0.39 is 22.8 Å².